The highest BCUT2D eigenvalue weighted by atomic mass is 16.5. The van der Waals surface area contributed by atoms with Gasteiger partial charge in [0.25, 0.3) is 11.8 Å². The molecule has 0 saturated carbocycles. The maximum absolute atomic E-state index is 12.8. The molecule has 2 N–H and O–H groups in total. The van der Waals surface area contributed by atoms with E-state index in [1.807, 2.05) is 6.07 Å². The second kappa shape index (κ2) is 7.88. The van der Waals surface area contributed by atoms with E-state index in [1.165, 1.54) is 0 Å². The number of carbonyl (C=O) groups is 4. The van der Waals surface area contributed by atoms with Crippen molar-refractivity contribution in [3.63, 3.8) is 0 Å². The quantitative estimate of drug-likeness (QED) is 0.629. The molecule has 34 heavy (non-hydrogen) atoms. The van der Waals surface area contributed by atoms with Crippen LogP contribution in [0.2, 0.25) is 0 Å². The summed E-state index contributed by atoms with van der Waals surface area (Å²) in [7, 11) is 1.15. The molecule has 0 aliphatic carbocycles. The van der Waals surface area contributed by atoms with E-state index in [2.05, 4.69) is 14.5 Å². The van der Waals surface area contributed by atoms with Crippen LogP contribution in [-0.4, -0.2) is 76.8 Å². The number of ether oxygens (including phenoxy) is 1. The van der Waals surface area contributed by atoms with E-state index in [0.29, 0.717) is 22.8 Å². The molecule has 5 heterocycles. The molecule has 5 aliphatic rings. The van der Waals surface area contributed by atoms with Gasteiger partial charge in [0.2, 0.25) is 5.91 Å². The number of nitrogens with two attached hydrogens (primary N) is 1. The first-order chi connectivity index (χ1) is 16.4. The standard InChI is InChI=1S/C25H30N4O5/c1-34-25(33)29-22(30)15-5-4-13(11-17(15)23(29)31)19-8-6-16-20-9-7-18(26)24(32)28(20)12-14-3-2-10-27(19)21(14)16/h4-5,11,14,16,18-21H,2-3,6-10,12,26H2,1H3/t14-,16+,18?,19?,20+,21-/m0/s1. The van der Waals surface area contributed by atoms with Gasteiger partial charge in [-0.3, -0.25) is 19.3 Å². The maximum Gasteiger partial charge on any atom is 0.423 e. The minimum atomic E-state index is -0.958. The summed E-state index contributed by atoms with van der Waals surface area (Å²) in [5, 5.41) is 0. The fourth-order valence-corrected chi connectivity index (χ4v) is 7.40. The van der Waals surface area contributed by atoms with Crippen LogP contribution in [0, 0.1) is 11.8 Å². The Balaban J connectivity index is 1.30. The Labute approximate surface area is 198 Å². The highest BCUT2D eigenvalue weighted by molar-refractivity contribution is 6.28. The third-order valence-electron chi connectivity index (χ3n) is 8.82. The van der Waals surface area contributed by atoms with E-state index in [0.717, 1.165) is 64.3 Å². The number of fused-ring (bicyclic) bond motifs is 3. The zero-order chi connectivity index (χ0) is 23.7. The molecule has 0 aromatic heterocycles. The molecule has 0 spiro atoms. The lowest BCUT2D eigenvalue weighted by Gasteiger charge is -2.61. The largest absolute Gasteiger partial charge is 0.452 e. The molecule has 0 bridgehead atoms. The van der Waals surface area contributed by atoms with Crippen LogP contribution in [0.4, 0.5) is 4.79 Å². The molecule has 180 valence electrons. The Bertz CT molecular complexity index is 1090. The molecule has 1 aromatic rings. The highest BCUT2D eigenvalue weighted by Crippen LogP contribution is 2.50. The van der Waals surface area contributed by atoms with Gasteiger partial charge in [0.1, 0.15) is 0 Å². The summed E-state index contributed by atoms with van der Waals surface area (Å²) in [6.45, 7) is 1.77. The molecule has 4 saturated heterocycles. The van der Waals surface area contributed by atoms with Crippen molar-refractivity contribution in [2.45, 2.75) is 62.7 Å². The van der Waals surface area contributed by atoms with Crippen LogP contribution in [0.1, 0.15) is 70.8 Å². The smallest absolute Gasteiger partial charge is 0.423 e. The summed E-state index contributed by atoms with van der Waals surface area (Å²) in [5.41, 5.74) is 7.62. The van der Waals surface area contributed by atoms with Crippen molar-refractivity contribution in [2.75, 3.05) is 20.2 Å². The van der Waals surface area contributed by atoms with Crippen LogP contribution in [0.25, 0.3) is 0 Å². The predicted molar refractivity (Wildman–Crippen MR) is 121 cm³/mol. The van der Waals surface area contributed by atoms with E-state index in [4.69, 9.17) is 5.73 Å². The molecular weight excluding hydrogens is 436 g/mol. The van der Waals surface area contributed by atoms with Gasteiger partial charge in [0.05, 0.1) is 24.3 Å². The summed E-state index contributed by atoms with van der Waals surface area (Å²) in [5.74, 6) is -0.262. The highest BCUT2D eigenvalue weighted by Gasteiger charge is 2.54. The van der Waals surface area contributed by atoms with E-state index in [9.17, 15) is 19.2 Å². The molecule has 2 unspecified atom stereocenters. The van der Waals surface area contributed by atoms with Gasteiger partial charge in [-0.2, -0.15) is 4.90 Å². The van der Waals surface area contributed by atoms with Gasteiger partial charge < -0.3 is 15.4 Å². The molecule has 4 fully saturated rings. The molecule has 0 radical (unpaired) electrons. The Morgan fingerprint density at radius 3 is 2.62 bits per heavy atom. The number of hydrogen-bond donors (Lipinski definition) is 1. The summed E-state index contributed by atoms with van der Waals surface area (Å²) in [4.78, 5) is 55.5. The fourth-order valence-electron chi connectivity index (χ4n) is 7.40. The topological polar surface area (TPSA) is 113 Å². The molecule has 6 rings (SSSR count). The Morgan fingerprint density at radius 1 is 1.03 bits per heavy atom. The Kier molecular flexibility index (Phi) is 5.04. The summed E-state index contributed by atoms with van der Waals surface area (Å²) in [6.07, 6.45) is 4.90. The molecule has 9 nitrogen and oxygen atoms in total. The first-order valence-electron chi connectivity index (χ1n) is 12.3. The van der Waals surface area contributed by atoms with E-state index >= 15 is 0 Å². The SMILES string of the molecule is COC(=O)N1C(=O)c2ccc(C3CC[C@H]4[C@@H]5[C@@H](CCCN35)CN3C(=O)C(N)CC[C@H]43)cc2C1=O. The van der Waals surface area contributed by atoms with Crippen LogP contribution in [0.3, 0.4) is 0 Å². The molecule has 9 heteroatoms. The normalized spacial score (nSPS) is 35.1. The molecule has 4 amide bonds. The van der Waals surface area contributed by atoms with E-state index in [1.54, 1.807) is 12.1 Å². The third-order valence-corrected chi connectivity index (χ3v) is 8.82. The van der Waals surface area contributed by atoms with Crippen LogP contribution in [-0.2, 0) is 9.53 Å². The van der Waals surface area contributed by atoms with Crippen molar-refractivity contribution in [1.82, 2.24) is 14.7 Å². The van der Waals surface area contributed by atoms with Gasteiger partial charge in [0, 0.05) is 24.7 Å². The summed E-state index contributed by atoms with van der Waals surface area (Å²) >= 11 is 0. The summed E-state index contributed by atoms with van der Waals surface area (Å²) < 4.78 is 4.62. The van der Waals surface area contributed by atoms with Gasteiger partial charge in [-0.1, -0.05) is 6.07 Å². The van der Waals surface area contributed by atoms with Crippen LogP contribution in [0.15, 0.2) is 18.2 Å². The fraction of sp³-hybridized carbons (Fsp3) is 0.600. The monoisotopic (exact) mass is 466 g/mol. The van der Waals surface area contributed by atoms with Gasteiger partial charge in [0.15, 0.2) is 0 Å². The maximum atomic E-state index is 12.8. The third kappa shape index (κ3) is 2.99. The van der Waals surface area contributed by atoms with Crippen molar-refractivity contribution in [3.05, 3.63) is 34.9 Å². The Hall–Kier alpha value is -2.78. The van der Waals surface area contributed by atoms with Crippen molar-refractivity contribution in [1.29, 1.82) is 0 Å². The molecule has 1 aromatic carbocycles. The lowest BCUT2D eigenvalue weighted by molar-refractivity contribution is -0.156. The van der Waals surface area contributed by atoms with Crippen molar-refractivity contribution in [2.24, 2.45) is 17.6 Å². The Morgan fingerprint density at radius 2 is 1.82 bits per heavy atom. The van der Waals surface area contributed by atoms with E-state index in [-0.39, 0.29) is 35.2 Å². The van der Waals surface area contributed by atoms with Gasteiger partial charge in [-0.15, -0.1) is 0 Å². The lowest BCUT2D eigenvalue weighted by atomic mass is 9.66. The van der Waals surface area contributed by atoms with Crippen molar-refractivity contribution < 1.29 is 23.9 Å². The minimum Gasteiger partial charge on any atom is -0.452 e. The number of rotatable bonds is 1. The predicted octanol–water partition coefficient (Wildman–Crippen LogP) is 1.91. The minimum absolute atomic E-state index is 0.117. The summed E-state index contributed by atoms with van der Waals surface area (Å²) in [6, 6.07) is 5.86. The van der Waals surface area contributed by atoms with Gasteiger partial charge >= 0.3 is 6.09 Å². The number of amides is 4. The first kappa shape index (κ1) is 21.7. The number of carbonyl (C=O) groups excluding carboxylic acids is 4. The second-order valence-corrected chi connectivity index (χ2v) is 10.4. The number of benzene rings is 1. The average molecular weight is 467 g/mol. The number of hydrogen-bond acceptors (Lipinski definition) is 7. The van der Waals surface area contributed by atoms with Gasteiger partial charge in [-0.05, 0) is 74.6 Å². The number of methoxy groups -OCH3 is 1. The lowest BCUT2D eigenvalue weighted by Crippen LogP contribution is -2.68. The number of nitrogens with zero attached hydrogens (tertiary/aromatic N) is 3. The molecular formula is C25H30N4O5. The van der Waals surface area contributed by atoms with Gasteiger partial charge in [-0.25, -0.2) is 4.79 Å². The van der Waals surface area contributed by atoms with Crippen molar-refractivity contribution in [3.8, 4) is 0 Å². The number of imide groups is 3. The van der Waals surface area contributed by atoms with Crippen LogP contribution >= 0.6 is 0 Å². The van der Waals surface area contributed by atoms with Crippen LogP contribution < -0.4 is 5.73 Å². The number of piperidine rings is 4. The average Bonchev–Trinajstić information content (AvgIpc) is 3.10. The zero-order valence-corrected chi connectivity index (χ0v) is 19.3. The van der Waals surface area contributed by atoms with Crippen molar-refractivity contribution >= 4 is 23.8 Å². The van der Waals surface area contributed by atoms with E-state index < -0.39 is 17.9 Å². The zero-order valence-electron chi connectivity index (χ0n) is 19.3. The first-order valence-corrected chi connectivity index (χ1v) is 12.3. The second-order valence-electron chi connectivity index (χ2n) is 10.4. The van der Waals surface area contributed by atoms with Crippen LogP contribution in [0.5, 0.6) is 0 Å². The molecule has 6 atom stereocenters. The molecule has 5 aliphatic heterocycles.